The van der Waals surface area contributed by atoms with Crippen LogP contribution in [-0.4, -0.2) is 4.98 Å². The first-order chi connectivity index (χ1) is 41.7. The predicted octanol–water partition coefficient (Wildman–Crippen LogP) is 22.4. The SMILES string of the molecule is c1ccc(S2(c3ccccc3)c3ccccc3Oc3c(-c4cc(-c5cccc6c5Oc5ccccc5S6(c5ccccc5)c5ccccc5)nc(-c5cccc6c5Oc5ccccc5S6(c5ccccc5)c5ccccc5)c4)cccc32)cc1. The van der Waals surface area contributed by atoms with Gasteiger partial charge >= 0.3 is 0 Å². The second kappa shape index (κ2) is 20.3. The first-order valence-corrected chi connectivity index (χ1v) is 33.1. The lowest BCUT2D eigenvalue weighted by Crippen LogP contribution is -2.13. The van der Waals surface area contributed by atoms with Gasteiger partial charge in [0.05, 0.1) is 11.4 Å². The third-order valence-corrected chi connectivity index (χ3v) is 28.2. The van der Waals surface area contributed by atoms with E-state index in [1.165, 1.54) is 29.4 Å². The van der Waals surface area contributed by atoms with E-state index in [1.54, 1.807) is 0 Å². The monoisotopic (exact) mass is 1140 g/mol. The van der Waals surface area contributed by atoms with Crippen LogP contribution in [0, 0.1) is 0 Å². The molecule has 0 aliphatic carbocycles. The van der Waals surface area contributed by atoms with Crippen molar-refractivity contribution in [3.63, 3.8) is 0 Å². The van der Waals surface area contributed by atoms with Gasteiger partial charge in [0.2, 0.25) is 0 Å². The molecule has 0 unspecified atom stereocenters. The second-order valence-electron chi connectivity index (χ2n) is 20.9. The zero-order valence-electron chi connectivity index (χ0n) is 45.5. The molecule has 0 spiro atoms. The van der Waals surface area contributed by atoms with Gasteiger partial charge in [0.15, 0.2) is 0 Å². The fourth-order valence-electron chi connectivity index (χ4n) is 12.9. The van der Waals surface area contributed by atoms with Crippen LogP contribution in [0.1, 0.15) is 0 Å². The Morgan fingerprint density at radius 2 is 0.452 bits per heavy atom. The molecule has 3 aliphatic heterocycles. The molecule has 7 heteroatoms. The number of pyridine rings is 1. The molecule has 0 bridgehead atoms. The smallest absolute Gasteiger partial charge is 0.149 e. The van der Waals surface area contributed by atoms with E-state index >= 15 is 0 Å². The van der Waals surface area contributed by atoms with Crippen LogP contribution < -0.4 is 14.2 Å². The van der Waals surface area contributed by atoms with Gasteiger partial charge in [0, 0.05) is 75.4 Å². The molecule has 0 N–H and O–H groups in total. The third-order valence-electron chi connectivity index (χ3n) is 16.4. The Morgan fingerprint density at radius 3 is 0.750 bits per heavy atom. The molecule has 16 rings (SSSR count). The molecule has 402 valence electrons. The summed E-state index contributed by atoms with van der Waals surface area (Å²) in [5.41, 5.74) is 5.16. The maximum absolute atomic E-state index is 7.42. The molecule has 84 heavy (non-hydrogen) atoms. The summed E-state index contributed by atoms with van der Waals surface area (Å²) in [7, 11) is -6.37. The molecule has 4 nitrogen and oxygen atoms in total. The summed E-state index contributed by atoms with van der Waals surface area (Å²) in [4.78, 5) is 20.1. The molecule has 0 saturated carbocycles. The zero-order chi connectivity index (χ0) is 55.7. The van der Waals surface area contributed by atoms with Gasteiger partial charge in [-0.1, -0.05) is 170 Å². The first kappa shape index (κ1) is 50.0. The highest BCUT2D eigenvalue weighted by Crippen LogP contribution is 2.82. The van der Waals surface area contributed by atoms with Crippen LogP contribution in [0.5, 0.6) is 34.5 Å². The Balaban J connectivity index is 1.00. The number of para-hydroxylation sites is 6. The van der Waals surface area contributed by atoms with Crippen LogP contribution in [0.2, 0.25) is 0 Å². The van der Waals surface area contributed by atoms with Crippen molar-refractivity contribution in [2.45, 2.75) is 58.7 Å². The third kappa shape index (κ3) is 7.49. The minimum Gasteiger partial charge on any atom is -0.454 e. The minimum atomic E-state index is -2.13. The van der Waals surface area contributed by atoms with Gasteiger partial charge in [-0.25, -0.2) is 4.98 Å². The van der Waals surface area contributed by atoms with Gasteiger partial charge in [0.1, 0.15) is 34.5 Å². The standard InChI is InChI=1S/C77H53NO3S3/c1-7-28-55(29-8-1)82(56-30-9-2-10-31-56)69-46-22-19-43-66(69)79-75-61(40-25-49-72(75)82)54-52-64(62-41-26-50-73-76(62)80-67-44-20-23-47-70(67)83(73,57-32-11-3-12-33-57)58-34-13-4-14-35-58)78-65(53-54)63-42-27-51-74-77(63)81-68-45-21-24-48-71(68)84(74,59-36-15-5-16-37-59)60-38-17-6-18-39-60/h1-53H. The summed E-state index contributed by atoms with van der Waals surface area (Å²) in [6.45, 7) is 0. The van der Waals surface area contributed by atoms with Gasteiger partial charge in [-0.3, -0.25) is 0 Å². The van der Waals surface area contributed by atoms with E-state index < -0.39 is 30.1 Å². The number of aromatic nitrogens is 1. The maximum atomic E-state index is 7.42. The summed E-state index contributed by atoms with van der Waals surface area (Å²) in [6.07, 6.45) is 0. The normalized spacial score (nSPS) is 15.4. The average molecular weight is 1140 g/mol. The number of hydrogen-bond acceptors (Lipinski definition) is 4. The molecule has 13 aromatic rings. The Labute approximate surface area is 494 Å². The van der Waals surface area contributed by atoms with E-state index in [1.807, 2.05) is 0 Å². The Hall–Kier alpha value is -9.76. The Bertz CT molecular complexity index is 4040. The summed E-state index contributed by atoms with van der Waals surface area (Å²) in [5, 5.41) is 0. The van der Waals surface area contributed by atoms with Crippen molar-refractivity contribution in [3.05, 3.63) is 322 Å². The molecule has 0 saturated heterocycles. The van der Waals surface area contributed by atoms with Crippen molar-refractivity contribution in [2.75, 3.05) is 0 Å². The van der Waals surface area contributed by atoms with Crippen LogP contribution >= 0.6 is 30.1 Å². The molecule has 0 radical (unpaired) electrons. The van der Waals surface area contributed by atoms with Gasteiger partial charge in [-0.15, -0.1) is 30.1 Å². The van der Waals surface area contributed by atoms with Crippen LogP contribution in [0.25, 0.3) is 33.6 Å². The van der Waals surface area contributed by atoms with E-state index in [-0.39, 0.29) is 0 Å². The minimum absolute atomic E-state index is 0.755. The van der Waals surface area contributed by atoms with E-state index in [9.17, 15) is 0 Å². The number of nitrogens with zero attached hydrogens (tertiary/aromatic N) is 1. The summed E-state index contributed by atoms with van der Waals surface area (Å²) < 4.78 is 22.2. The predicted molar refractivity (Wildman–Crippen MR) is 341 cm³/mol. The highest BCUT2D eigenvalue weighted by molar-refractivity contribution is 8.34. The number of hydrogen-bond donors (Lipinski definition) is 0. The van der Waals surface area contributed by atoms with E-state index in [4.69, 9.17) is 19.2 Å². The van der Waals surface area contributed by atoms with Crippen molar-refractivity contribution in [1.82, 2.24) is 4.98 Å². The number of benzene rings is 12. The quantitative estimate of drug-likeness (QED) is 0.144. The molecule has 12 aromatic carbocycles. The summed E-state index contributed by atoms with van der Waals surface area (Å²) in [5.74, 6) is 4.87. The Kier molecular flexibility index (Phi) is 12.1. The van der Waals surface area contributed by atoms with Crippen LogP contribution in [0.15, 0.2) is 380 Å². The first-order valence-electron chi connectivity index (χ1n) is 28.2. The number of fused-ring (bicyclic) bond motifs is 6. The van der Waals surface area contributed by atoms with E-state index in [0.29, 0.717) is 0 Å². The van der Waals surface area contributed by atoms with Gasteiger partial charge in [-0.05, 0) is 157 Å². The molecular weight excluding hydrogens is 1080 g/mol. The van der Waals surface area contributed by atoms with Crippen LogP contribution in [0.4, 0.5) is 0 Å². The second-order valence-corrected chi connectivity index (χ2v) is 30.0. The summed E-state index contributed by atoms with van der Waals surface area (Å²) in [6, 6.07) is 116. The molecule has 0 amide bonds. The highest BCUT2D eigenvalue weighted by atomic mass is 32.3. The molecule has 0 fully saturated rings. The van der Waals surface area contributed by atoms with Crippen molar-refractivity contribution in [1.29, 1.82) is 0 Å². The lowest BCUT2D eigenvalue weighted by atomic mass is 9.98. The molecule has 0 atom stereocenters. The fourth-order valence-corrected chi connectivity index (χ4v) is 25.1. The van der Waals surface area contributed by atoms with Crippen LogP contribution in [-0.2, 0) is 0 Å². The van der Waals surface area contributed by atoms with Gasteiger partial charge < -0.3 is 14.2 Å². The average Bonchev–Trinajstić information content (AvgIpc) is 1.06. The number of ether oxygens (including phenoxy) is 3. The molecule has 4 heterocycles. The highest BCUT2D eigenvalue weighted by Gasteiger charge is 2.45. The van der Waals surface area contributed by atoms with Gasteiger partial charge in [-0.2, -0.15) is 0 Å². The van der Waals surface area contributed by atoms with Crippen molar-refractivity contribution in [2.24, 2.45) is 0 Å². The summed E-state index contributed by atoms with van der Waals surface area (Å²) >= 11 is 0. The zero-order valence-corrected chi connectivity index (χ0v) is 47.9. The molecule has 3 aliphatic rings. The van der Waals surface area contributed by atoms with Crippen molar-refractivity contribution >= 4 is 30.1 Å². The van der Waals surface area contributed by atoms with Gasteiger partial charge in [0.25, 0.3) is 0 Å². The van der Waals surface area contributed by atoms with E-state index in [0.717, 1.165) is 97.5 Å². The van der Waals surface area contributed by atoms with Crippen LogP contribution in [0.3, 0.4) is 0 Å². The van der Waals surface area contributed by atoms with Crippen molar-refractivity contribution in [3.8, 4) is 68.1 Å². The largest absolute Gasteiger partial charge is 0.454 e. The topological polar surface area (TPSA) is 40.6 Å². The van der Waals surface area contributed by atoms with Crippen molar-refractivity contribution < 1.29 is 14.2 Å². The lowest BCUT2D eigenvalue weighted by Gasteiger charge is -2.46. The number of rotatable bonds is 9. The molecule has 1 aromatic heterocycles. The van der Waals surface area contributed by atoms with E-state index in [2.05, 4.69) is 322 Å². The fraction of sp³-hybridized carbons (Fsp3) is 0. The maximum Gasteiger partial charge on any atom is 0.149 e. The Morgan fingerprint density at radius 1 is 0.214 bits per heavy atom. The molecular formula is C77H53NO3S3. The lowest BCUT2D eigenvalue weighted by molar-refractivity contribution is 0.453.